The fraction of sp³-hybridized carbons (Fsp3) is 0.667. The molecule has 1 aromatic rings. The summed E-state index contributed by atoms with van der Waals surface area (Å²) < 4.78 is 18.6. The molecule has 0 aromatic heterocycles. The molecule has 2 amide bonds. The summed E-state index contributed by atoms with van der Waals surface area (Å²) in [5.74, 6) is -0.681. The molecular weight excluding hydrogens is 427 g/mol. The summed E-state index contributed by atoms with van der Waals surface area (Å²) in [5, 5.41) is 9.39. The molecule has 2 atom stereocenters. The Morgan fingerprint density at radius 3 is 2.30 bits per heavy atom. The second-order valence-corrected chi connectivity index (χ2v) is 9.33. The molecule has 0 unspecified atom stereocenters. The summed E-state index contributed by atoms with van der Waals surface area (Å²) in [7, 11) is 0. The Bertz CT molecular complexity index is 794. The number of halogens is 1. The molecule has 0 bridgehead atoms. The molecule has 0 aliphatic carbocycles. The van der Waals surface area contributed by atoms with Gasteiger partial charge in [-0.05, 0) is 55.5 Å². The van der Waals surface area contributed by atoms with Gasteiger partial charge in [0.15, 0.2) is 0 Å². The maximum atomic E-state index is 13.2. The van der Waals surface area contributed by atoms with Crippen molar-refractivity contribution in [2.24, 2.45) is 11.8 Å². The smallest absolute Gasteiger partial charge is 0.320 e. The van der Waals surface area contributed by atoms with Gasteiger partial charge < -0.3 is 24.5 Å². The first-order chi connectivity index (χ1) is 16.0. The van der Waals surface area contributed by atoms with Crippen LogP contribution in [0.1, 0.15) is 19.3 Å². The Balaban J connectivity index is 1.29. The van der Waals surface area contributed by atoms with Crippen LogP contribution in [0.15, 0.2) is 24.3 Å². The number of nitrogens with zero attached hydrogens (tertiary/aromatic N) is 4. The Hall–Kier alpha value is -2.39. The monoisotopic (exact) mass is 462 g/mol. The van der Waals surface area contributed by atoms with E-state index in [1.165, 1.54) is 12.1 Å². The van der Waals surface area contributed by atoms with Gasteiger partial charge in [0.25, 0.3) is 0 Å². The van der Waals surface area contributed by atoms with Crippen molar-refractivity contribution in [3.05, 3.63) is 30.1 Å². The maximum Gasteiger partial charge on any atom is 0.320 e. The zero-order valence-corrected chi connectivity index (χ0v) is 19.2. The summed E-state index contributed by atoms with van der Waals surface area (Å²) in [6.45, 7) is 8.17. The summed E-state index contributed by atoms with van der Waals surface area (Å²) in [6, 6.07) is 6.70. The van der Waals surface area contributed by atoms with Gasteiger partial charge in [-0.3, -0.25) is 9.69 Å². The highest BCUT2D eigenvalue weighted by Gasteiger charge is 2.35. The highest BCUT2D eigenvalue weighted by atomic mass is 19.1. The molecule has 33 heavy (non-hydrogen) atoms. The van der Waals surface area contributed by atoms with Crippen molar-refractivity contribution in [2.45, 2.75) is 19.3 Å². The third-order valence-corrected chi connectivity index (χ3v) is 7.26. The van der Waals surface area contributed by atoms with Crippen molar-refractivity contribution in [3.8, 4) is 0 Å². The van der Waals surface area contributed by atoms with Gasteiger partial charge in [0, 0.05) is 64.5 Å². The van der Waals surface area contributed by atoms with Crippen LogP contribution in [0, 0.1) is 17.7 Å². The molecule has 3 fully saturated rings. The Kier molecular flexibility index (Phi) is 8.03. The number of morpholine rings is 1. The number of aliphatic carboxylic acids is 1. The quantitative estimate of drug-likeness (QED) is 0.699. The number of piperidine rings is 1. The van der Waals surface area contributed by atoms with Gasteiger partial charge in [-0.15, -0.1) is 0 Å². The van der Waals surface area contributed by atoms with Crippen LogP contribution in [0.4, 0.5) is 14.9 Å². The Morgan fingerprint density at radius 2 is 1.64 bits per heavy atom. The third-order valence-electron chi connectivity index (χ3n) is 7.26. The predicted octanol–water partition coefficient (Wildman–Crippen LogP) is 2.20. The van der Waals surface area contributed by atoms with Crippen molar-refractivity contribution in [1.29, 1.82) is 0 Å². The number of ether oxygens (including phenoxy) is 1. The minimum absolute atomic E-state index is 0.0602. The van der Waals surface area contributed by atoms with E-state index in [-0.39, 0.29) is 30.1 Å². The standard InChI is InChI=1S/C24H35FN4O4/c25-21-1-3-22(4-2-21)27-11-9-26(10-12-27)7-5-20-18-29(8-6-19(20)17-23(30)31)24(32)28-13-15-33-16-14-28/h1-4,19-20H,5-18H2,(H,30,31)/t19-,20+/m0/s1. The largest absolute Gasteiger partial charge is 0.481 e. The molecule has 9 heteroatoms. The van der Waals surface area contributed by atoms with E-state index >= 15 is 0 Å². The topological polar surface area (TPSA) is 76.6 Å². The van der Waals surface area contributed by atoms with E-state index in [1.54, 1.807) is 0 Å². The van der Waals surface area contributed by atoms with Crippen LogP contribution in [0.2, 0.25) is 0 Å². The number of carboxylic acid groups (broad SMARTS) is 1. The number of likely N-dealkylation sites (tertiary alicyclic amines) is 1. The lowest BCUT2D eigenvalue weighted by Crippen LogP contribution is -2.53. The van der Waals surface area contributed by atoms with Crippen LogP contribution in [-0.2, 0) is 9.53 Å². The van der Waals surface area contributed by atoms with Crippen LogP contribution in [0.3, 0.4) is 0 Å². The second-order valence-electron chi connectivity index (χ2n) is 9.33. The van der Waals surface area contributed by atoms with E-state index in [2.05, 4.69) is 9.80 Å². The maximum absolute atomic E-state index is 13.2. The molecule has 4 rings (SSSR count). The molecule has 0 radical (unpaired) electrons. The van der Waals surface area contributed by atoms with E-state index in [4.69, 9.17) is 4.74 Å². The average molecular weight is 463 g/mol. The number of amides is 2. The zero-order valence-electron chi connectivity index (χ0n) is 19.2. The number of carboxylic acids is 1. The van der Waals surface area contributed by atoms with Crippen molar-refractivity contribution in [3.63, 3.8) is 0 Å². The highest BCUT2D eigenvalue weighted by molar-refractivity contribution is 5.74. The summed E-state index contributed by atoms with van der Waals surface area (Å²) >= 11 is 0. The van der Waals surface area contributed by atoms with Gasteiger partial charge in [0.1, 0.15) is 5.82 Å². The number of benzene rings is 1. The van der Waals surface area contributed by atoms with Gasteiger partial charge in [-0.2, -0.15) is 0 Å². The van der Waals surface area contributed by atoms with Crippen LogP contribution in [-0.4, -0.2) is 104 Å². The SMILES string of the molecule is O=C(O)C[C@@H]1CCN(C(=O)N2CCOCC2)C[C@H]1CCN1CCN(c2ccc(F)cc2)CC1. The fourth-order valence-corrected chi connectivity index (χ4v) is 5.26. The minimum atomic E-state index is -0.758. The average Bonchev–Trinajstić information content (AvgIpc) is 2.84. The first-order valence-electron chi connectivity index (χ1n) is 12.1. The molecule has 1 N–H and O–H groups in total. The van der Waals surface area contributed by atoms with Crippen LogP contribution >= 0.6 is 0 Å². The van der Waals surface area contributed by atoms with Crippen LogP contribution in [0.5, 0.6) is 0 Å². The number of hydrogen-bond acceptors (Lipinski definition) is 5. The second kappa shape index (κ2) is 11.2. The van der Waals surface area contributed by atoms with E-state index in [0.717, 1.165) is 51.3 Å². The first kappa shape index (κ1) is 23.8. The number of urea groups is 1. The first-order valence-corrected chi connectivity index (χ1v) is 12.1. The van der Waals surface area contributed by atoms with Gasteiger partial charge in [-0.1, -0.05) is 0 Å². The van der Waals surface area contributed by atoms with Crippen molar-refractivity contribution in [1.82, 2.24) is 14.7 Å². The zero-order chi connectivity index (χ0) is 23.2. The molecule has 3 saturated heterocycles. The van der Waals surface area contributed by atoms with E-state index in [0.29, 0.717) is 39.4 Å². The molecule has 3 aliphatic rings. The number of hydrogen-bond donors (Lipinski definition) is 1. The van der Waals surface area contributed by atoms with E-state index in [9.17, 15) is 19.1 Å². The third kappa shape index (κ3) is 6.35. The van der Waals surface area contributed by atoms with E-state index < -0.39 is 5.97 Å². The molecule has 8 nitrogen and oxygen atoms in total. The van der Waals surface area contributed by atoms with Crippen molar-refractivity contribution in [2.75, 3.05) is 77.0 Å². The summed E-state index contributed by atoms with van der Waals surface area (Å²) in [4.78, 5) is 32.9. The van der Waals surface area contributed by atoms with Gasteiger partial charge in [0.05, 0.1) is 13.2 Å². The lowest BCUT2D eigenvalue weighted by Gasteiger charge is -2.42. The van der Waals surface area contributed by atoms with Crippen LogP contribution < -0.4 is 4.90 Å². The van der Waals surface area contributed by atoms with Gasteiger partial charge >= 0.3 is 12.0 Å². The molecule has 1 aromatic carbocycles. The number of carbonyl (C=O) groups excluding carboxylic acids is 1. The molecule has 0 spiro atoms. The Labute approximate surface area is 194 Å². The highest BCUT2D eigenvalue weighted by Crippen LogP contribution is 2.30. The minimum Gasteiger partial charge on any atom is -0.481 e. The molecular formula is C24H35FN4O4. The van der Waals surface area contributed by atoms with Crippen molar-refractivity contribution >= 4 is 17.7 Å². The van der Waals surface area contributed by atoms with Gasteiger partial charge in [0.2, 0.25) is 0 Å². The Morgan fingerprint density at radius 1 is 0.939 bits per heavy atom. The molecule has 0 saturated carbocycles. The number of piperazine rings is 1. The molecule has 3 aliphatic heterocycles. The lowest BCUT2D eigenvalue weighted by atomic mass is 9.81. The van der Waals surface area contributed by atoms with Crippen molar-refractivity contribution < 1.29 is 23.8 Å². The normalized spacial score (nSPS) is 24.7. The van der Waals surface area contributed by atoms with E-state index in [1.807, 2.05) is 21.9 Å². The number of anilines is 1. The lowest BCUT2D eigenvalue weighted by molar-refractivity contribution is -0.139. The summed E-state index contributed by atoms with van der Waals surface area (Å²) in [5.41, 5.74) is 1.04. The van der Waals surface area contributed by atoms with Gasteiger partial charge in [-0.25, -0.2) is 9.18 Å². The van der Waals surface area contributed by atoms with Crippen LogP contribution in [0.25, 0.3) is 0 Å². The fourth-order valence-electron chi connectivity index (χ4n) is 5.26. The number of carbonyl (C=O) groups is 2. The predicted molar refractivity (Wildman–Crippen MR) is 123 cm³/mol. The molecule has 3 heterocycles. The molecule has 182 valence electrons. The number of rotatable bonds is 6. The summed E-state index contributed by atoms with van der Waals surface area (Å²) in [6.07, 6.45) is 1.80.